The van der Waals surface area contributed by atoms with Gasteiger partial charge in [-0.15, -0.1) is 0 Å². The van der Waals surface area contributed by atoms with E-state index in [1.165, 1.54) is 5.56 Å². The molecule has 0 aliphatic heterocycles. The molecule has 2 heteroatoms. The second-order valence-corrected chi connectivity index (χ2v) is 7.19. The van der Waals surface area contributed by atoms with Crippen molar-refractivity contribution in [1.29, 1.82) is 0 Å². The summed E-state index contributed by atoms with van der Waals surface area (Å²) in [6.07, 6.45) is 0. The normalized spacial score (nSPS) is 15.5. The van der Waals surface area contributed by atoms with E-state index in [-0.39, 0.29) is 5.41 Å². The lowest BCUT2D eigenvalue weighted by Crippen LogP contribution is -2.45. The van der Waals surface area contributed by atoms with E-state index in [1.54, 1.807) is 0 Å². The van der Waals surface area contributed by atoms with Crippen molar-refractivity contribution in [3.05, 3.63) is 35.9 Å². The van der Waals surface area contributed by atoms with Gasteiger partial charge < -0.3 is 10.2 Å². The van der Waals surface area contributed by atoms with E-state index in [9.17, 15) is 0 Å². The molecule has 0 saturated heterocycles. The van der Waals surface area contributed by atoms with Crippen LogP contribution < -0.4 is 5.32 Å². The van der Waals surface area contributed by atoms with Crippen molar-refractivity contribution in [3.8, 4) is 0 Å². The summed E-state index contributed by atoms with van der Waals surface area (Å²) in [6, 6.07) is 10.8. The zero-order chi connectivity index (χ0) is 14.5. The number of nitrogens with one attached hydrogen (secondary N) is 1. The van der Waals surface area contributed by atoms with Crippen LogP contribution in [-0.2, 0) is 5.41 Å². The highest BCUT2D eigenvalue weighted by Gasteiger charge is 2.28. The van der Waals surface area contributed by atoms with E-state index in [0.29, 0.717) is 5.41 Å². The van der Waals surface area contributed by atoms with Crippen LogP contribution in [0.5, 0.6) is 0 Å². The minimum atomic E-state index is 0.149. The maximum atomic E-state index is 3.35. The lowest BCUT2D eigenvalue weighted by Gasteiger charge is -2.37. The highest BCUT2D eigenvalue weighted by atomic mass is 15.1. The summed E-state index contributed by atoms with van der Waals surface area (Å²) >= 11 is 0. The third-order valence-corrected chi connectivity index (χ3v) is 3.40. The quantitative estimate of drug-likeness (QED) is 0.847. The molecule has 0 aliphatic carbocycles. The molecule has 0 fully saturated rings. The zero-order valence-electron chi connectivity index (χ0n) is 13.5. The average molecular weight is 262 g/mol. The molecule has 1 N–H and O–H groups in total. The minimum Gasteiger partial charge on any atom is -0.319 e. The summed E-state index contributed by atoms with van der Waals surface area (Å²) < 4.78 is 0. The van der Waals surface area contributed by atoms with Gasteiger partial charge in [0.15, 0.2) is 0 Å². The molecule has 1 rings (SSSR count). The van der Waals surface area contributed by atoms with E-state index in [2.05, 4.69) is 75.3 Å². The maximum absolute atomic E-state index is 3.35. The monoisotopic (exact) mass is 262 g/mol. The second-order valence-electron chi connectivity index (χ2n) is 7.19. The highest BCUT2D eigenvalue weighted by Crippen LogP contribution is 2.25. The molecule has 0 bridgehead atoms. The Morgan fingerprint density at radius 3 is 2.05 bits per heavy atom. The SMILES string of the molecule is CNCC(C)(CN(C)CC(C)(C)C)c1ccccc1. The highest BCUT2D eigenvalue weighted by molar-refractivity contribution is 5.25. The molecule has 108 valence electrons. The van der Waals surface area contributed by atoms with Crippen LogP contribution in [0.3, 0.4) is 0 Å². The maximum Gasteiger partial charge on any atom is 0.0176 e. The molecule has 2 nitrogen and oxygen atoms in total. The fraction of sp³-hybridized carbons (Fsp3) is 0.647. The molecule has 0 aromatic heterocycles. The topological polar surface area (TPSA) is 15.3 Å². The van der Waals surface area contributed by atoms with Crippen molar-refractivity contribution in [2.75, 3.05) is 33.7 Å². The molecule has 1 aromatic rings. The Morgan fingerprint density at radius 2 is 1.58 bits per heavy atom. The number of nitrogens with zero attached hydrogens (tertiary/aromatic N) is 1. The molecular formula is C17H30N2. The van der Waals surface area contributed by atoms with Crippen LogP contribution in [0.2, 0.25) is 0 Å². The molecule has 1 unspecified atom stereocenters. The van der Waals surface area contributed by atoms with Crippen LogP contribution >= 0.6 is 0 Å². The largest absolute Gasteiger partial charge is 0.319 e. The molecule has 0 spiro atoms. The van der Waals surface area contributed by atoms with Gasteiger partial charge in [0.2, 0.25) is 0 Å². The number of benzene rings is 1. The van der Waals surface area contributed by atoms with Gasteiger partial charge in [-0.25, -0.2) is 0 Å². The predicted molar refractivity (Wildman–Crippen MR) is 84.7 cm³/mol. The Bertz CT molecular complexity index is 367. The van der Waals surface area contributed by atoms with E-state index < -0.39 is 0 Å². The molecule has 19 heavy (non-hydrogen) atoms. The van der Waals surface area contributed by atoms with Crippen molar-refractivity contribution in [3.63, 3.8) is 0 Å². The molecule has 0 radical (unpaired) electrons. The van der Waals surface area contributed by atoms with Gasteiger partial charge in [0.25, 0.3) is 0 Å². The van der Waals surface area contributed by atoms with Crippen molar-refractivity contribution in [2.24, 2.45) is 5.41 Å². The van der Waals surface area contributed by atoms with Gasteiger partial charge in [-0.1, -0.05) is 58.0 Å². The summed E-state index contributed by atoms with van der Waals surface area (Å²) in [4.78, 5) is 2.45. The number of likely N-dealkylation sites (N-methyl/N-ethyl adjacent to an activating group) is 2. The third kappa shape index (κ3) is 5.33. The summed E-state index contributed by atoms with van der Waals surface area (Å²) in [5, 5.41) is 3.35. The number of hydrogen-bond acceptors (Lipinski definition) is 2. The fourth-order valence-electron chi connectivity index (χ4n) is 2.94. The van der Waals surface area contributed by atoms with Gasteiger partial charge in [0.1, 0.15) is 0 Å². The smallest absolute Gasteiger partial charge is 0.0176 e. The van der Waals surface area contributed by atoms with Crippen LogP contribution in [0.1, 0.15) is 33.3 Å². The van der Waals surface area contributed by atoms with Gasteiger partial charge >= 0.3 is 0 Å². The first kappa shape index (κ1) is 16.2. The molecular weight excluding hydrogens is 232 g/mol. The van der Waals surface area contributed by atoms with Gasteiger partial charge in [0.05, 0.1) is 0 Å². The van der Waals surface area contributed by atoms with Crippen LogP contribution in [0.15, 0.2) is 30.3 Å². The van der Waals surface area contributed by atoms with Crippen LogP contribution in [0.25, 0.3) is 0 Å². The van der Waals surface area contributed by atoms with Crippen LogP contribution in [0, 0.1) is 5.41 Å². The summed E-state index contributed by atoms with van der Waals surface area (Å²) in [5.74, 6) is 0. The first-order chi connectivity index (χ1) is 8.77. The Hall–Kier alpha value is -0.860. The van der Waals surface area contributed by atoms with Gasteiger partial charge in [-0.3, -0.25) is 0 Å². The van der Waals surface area contributed by atoms with Gasteiger partial charge in [-0.05, 0) is 25.1 Å². The van der Waals surface area contributed by atoms with Crippen LogP contribution in [0.4, 0.5) is 0 Å². The first-order valence-electron chi connectivity index (χ1n) is 7.15. The molecule has 0 heterocycles. The Balaban J connectivity index is 2.83. The van der Waals surface area contributed by atoms with E-state index in [4.69, 9.17) is 0 Å². The number of rotatable bonds is 6. The summed E-state index contributed by atoms with van der Waals surface area (Å²) in [7, 11) is 4.26. The van der Waals surface area contributed by atoms with E-state index in [0.717, 1.165) is 19.6 Å². The van der Waals surface area contributed by atoms with Crippen molar-refractivity contribution < 1.29 is 0 Å². The summed E-state index contributed by atoms with van der Waals surface area (Å²) in [6.45, 7) is 12.4. The lowest BCUT2D eigenvalue weighted by molar-refractivity contribution is 0.187. The van der Waals surface area contributed by atoms with E-state index >= 15 is 0 Å². The van der Waals surface area contributed by atoms with E-state index in [1.807, 2.05) is 7.05 Å². The Kier molecular flexibility index (Phi) is 5.57. The number of hydrogen-bond donors (Lipinski definition) is 1. The molecule has 1 aromatic carbocycles. The van der Waals surface area contributed by atoms with Gasteiger partial charge in [-0.2, -0.15) is 0 Å². The minimum absolute atomic E-state index is 0.149. The first-order valence-corrected chi connectivity index (χ1v) is 7.15. The summed E-state index contributed by atoms with van der Waals surface area (Å²) in [5.41, 5.74) is 1.90. The molecule has 1 atom stereocenters. The standard InChI is InChI=1S/C17H30N2/c1-16(2,3)13-19(6)14-17(4,12-18-5)15-10-8-7-9-11-15/h7-11,18H,12-14H2,1-6H3. The molecule has 0 aliphatic rings. The Morgan fingerprint density at radius 1 is 1.00 bits per heavy atom. The zero-order valence-corrected chi connectivity index (χ0v) is 13.5. The van der Waals surface area contributed by atoms with Crippen LogP contribution in [-0.4, -0.2) is 38.6 Å². The Labute approximate surface area is 119 Å². The predicted octanol–water partition coefficient (Wildman–Crippen LogP) is 3.14. The third-order valence-electron chi connectivity index (χ3n) is 3.40. The van der Waals surface area contributed by atoms with Crippen molar-refractivity contribution >= 4 is 0 Å². The van der Waals surface area contributed by atoms with Gasteiger partial charge in [0, 0.05) is 25.0 Å². The van der Waals surface area contributed by atoms with Crippen molar-refractivity contribution in [2.45, 2.75) is 33.1 Å². The van der Waals surface area contributed by atoms with Crippen molar-refractivity contribution in [1.82, 2.24) is 10.2 Å². The molecule has 0 saturated carbocycles. The lowest BCUT2D eigenvalue weighted by atomic mass is 9.81. The fourth-order valence-corrected chi connectivity index (χ4v) is 2.94. The second kappa shape index (κ2) is 6.53. The average Bonchev–Trinajstić information content (AvgIpc) is 2.27. The molecule has 0 amide bonds.